The Labute approximate surface area is 133 Å². The minimum atomic E-state index is -0.594. The SMILES string of the molecule is COc1cccc(OC)c1C(=O)C1(C(C)P=O)CCCCC1. The summed E-state index contributed by atoms with van der Waals surface area (Å²) in [6, 6.07) is 5.34. The number of hydrogen-bond acceptors (Lipinski definition) is 4. The van der Waals surface area contributed by atoms with Gasteiger partial charge < -0.3 is 9.47 Å². The molecule has 120 valence electrons. The van der Waals surface area contributed by atoms with Crippen LogP contribution in [0.25, 0.3) is 0 Å². The molecule has 1 atom stereocenters. The van der Waals surface area contributed by atoms with Gasteiger partial charge >= 0.3 is 0 Å². The van der Waals surface area contributed by atoms with Gasteiger partial charge in [0, 0.05) is 11.1 Å². The van der Waals surface area contributed by atoms with Crippen LogP contribution >= 0.6 is 8.46 Å². The van der Waals surface area contributed by atoms with E-state index in [4.69, 9.17) is 9.47 Å². The fraction of sp³-hybridized carbons (Fsp3) is 0.588. The topological polar surface area (TPSA) is 52.6 Å². The zero-order chi connectivity index (χ0) is 16.2. The summed E-state index contributed by atoms with van der Waals surface area (Å²) in [6.07, 6.45) is 4.64. The molecule has 0 bridgehead atoms. The lowest BCUT2D eigenvalue weighted by Crippen LogP contribution is -2.40. The Morgan fingerprint density at radius 1 is 1.14 bits per heavy atom. The predicted molar refractivity (Wildman–Crippen MR) is 86.5 cm³/mol. The molecular weight excluding hydrogens is 299 g/mol. The van der Waals surface area contributed by atoms with Crippen molar-refractivity contribution in [1.82, 2.24) is 0 Å². The monoisotopic (exact) mass is 322 g/mol. The molecule has 0 aliphatic heterocycles. The van der Waals surface area contributed by atoms with Gasteiger partial charge in [-0.2, -0.15) is 0 Å². The minimum Gasteiger partial charge on any atom is -0.496 e. The second kappa shape index (κ2) is 7.23. The van der Waals surface area contributed by atoms with E-state index >= 15 is 0 Å². The average Bonchev–Trinajstić information content (AvgIpc) is 2.59. The molecule has 0 saturated heterocycles. The number of carbonyl (C=O) groups is 1. The number of rotatable bonds is 6. The fourth-order valence-electron chi connectivity index (χ4n) is 3.44. The molecule has 1 aromatic carbocycles. The average molecular weight is 322 g/mol. The highest BCUT2D eigenvalue weighted by molar-refractivity contribution is 7.24. The largest absolute Gasteiger partial charge is 0.496 e. The Balaban J connectivity index is 2.54. The molecular formula is C17H23O4P. The molecule has 5 heteroatoms. The number of carbonyl (C=O) groups excluding carboxylic acids is 1. The van der Waals surface area contributed by atoms with Gasteiger partial charge in [0.15, 0.2) is 14.2 Å². The normalized spacial score (nSPS) is 18.7. The first-order valence-electron chi connectivity index (χ1n) is 7.69. The molecule has 0 spiro atoms. The summed E-state index contributed by atoms with van der Waals surface area (Å²) in [5.74, 6) is 1.03. The Morgan fingerprint density at radius 3 is 2.14 bits per heavy atom. The van der Waals surface area contributed by atoms with Gasteiger partial charge in [0.1, 0.15) is 17.1 Å². The van der Waals surface area contributed by atoms with Crippen LogP contribution in [0.4, 0.5) is 0 Å². The second-order valence-electron chi connectivity index (χ2n) is 5.86. The predicted octanol–water partition coefficient (Wildman–Crippen LogP) is 4.52. The molecule has 2 rings (SSSR count). The van der Waals surface area contributed by atoms with E-state index in [2.05, 4.69) is 0 Å². The van der Waals surface area contributed by atoms with E-state index in [1.807, 2.05) is 6.92 Å². The third-order valence-electron chi connectivity index (χ3n) is 4.81. The van der Waals surface area contributed by atoms with E-state index in [1.165, 1.54) is 0 Å². The van der Waals surface area contributed by atoms with Gasteiger partial charge in [0.2, 0.25) is 0 Å². The molecule has 0 N–H and O–H groups in total. The quantitative estimate of drug-likeness (QED) is 0.571. The first-order valence-corrected chi connectivity index (χ1v) is 8.57. The number of benzene rings is 1. The number of hydrogen-bond donors (Lipinski definition) is 0. The highest BCUT2D eigenvalue weighted by Gasteiger charge is 2.46. The Morgan fingerprint density at radius 2 is 1.68 bits per heavy atom. The van der Waals surface area contributed by atoms with Gasteiger partial charge in [-0.3, -0.25) is 9.36 Å². The zero-order valence-corrected chi connectivity index (χ0v) is 14.3. The number of ether oxygens (including phenoxy) is 2. The first kappa shape index (κ1) is 17.0. The number of Topliss-reactive ketones (excluding diaryl/α,β-unsaturated/α-hetero) is 1. The van der Waals surface area contributed by atoms with Crippen molar-refractivity contribution in [1.29, 1.82) is 0 Å². The van der Waals surface area contributed by atoms with Crippen LogP contribution in [0, 0.1) is 5.41 Å². The Hall–Kier alpha value is -1.41. The molecule has 1 aliphatic rings. The second-order valence-corrected chi connectivity index (χ2v) is 6.85. The van der Waals surface area contributed by atoms with Crippen LogP contribution in [0.15, 0.2) is 18.2 Å². The van der Waals surface area contributed by atoms with Crippen LogP contribution in [0.1, 0.15) is 49.4 Å². The summed E-state index contributed by atoms with van der Waals surface area (Å²) >= 11 is 0. The highest BCUT2D eigenvalue weighted by Crippen LogP contribution is 2.48. The van der Waals surface area contributed by atoms with Crippen molar-refractivity contribution >= 4 is 14.2 Å². The van der Waals surface area contributed by atoms with Crippen molar-refractivity contribution in [3.63, 3.8) is 0 Å². The summed E-state index contributed by atoms with van der Waals surface area (Å²) in [5, 5.41) is 0. The summed E-state index contributed by atoms with van der Waals surface area (Å²) in [6.45, 7) is 1.89. The fourth-order valence-corrected chi connectivity index (χ4v) is 4.02. The number of ketones is 1. The van der Waals surface area contributed by atoms with Crippen molar-refractivity contribution in [2.24, 2.45) is 5.41 Å². The summed E-state index contributed by atoms with van der Waals surface area (Å²) in [4.78, 5) is 13.4. The summed E-state index contributed by atoms with van der Waals surface area (Å²) in [5.41, 5.74) is -0.330. The minimum absolute atomic E-state index is 0.00245. The van der Waals surface area contributed by atoms with E-state index in [-0.39, 0.29) is 19.9 Å². The third-order valence-corrected chi connectivity index (χ3v) is 5.62. The third kappa shape index (κ3) is 2.89. The van der Waals surface area contributed by atoms with Crippen LogP contribution in [0.2, 0.25) is 0 Å². The van der Waals surface area contributed by atoms with Gasteiger partial charge in [-0.05, 0) is 25.0 Å². The van der Waals surface area contributed by atoms with Crippen LogP contribution in [0.5, 0.6) is 11.5 Å². The van der Waals surface area contributed by atoms with Gasteiger partial charge in [-0.25, -0.2) is 0 Å². The van der Waals surface area contributed by atoms with Crippen LogP contribution in [-0.2, 0) is 4.57 Å². The standard InChI is InChI=1S/C17H23O4P/c1-12(22-19)17(10-5-4-6-11-17)16(18)15-13(20-2)8-7-9-14(15)21-3/h7-9,12H,4-6,10-11H2,1-3H3. The maximum Gasteiger partial charge on any atom is 0.177 e. The lowest BCUT2D eigenvalue weighted by molar-refractivity contribution is 0.0704. The van der Waals surface area contributed by atoms with Crippen LogP contribution < -0.4 is 9.47 Å². The van der Waals surface area contributed by atoms with E-state index in [0.717, 1.165) is 32.1 Å². The van der Waals surface area contributed by atoms with Gasteiger partial charge in [0.05, 0.1) is 14.2 Å². The van der Waals surface area contributed by atoms with E-state index < -0.39 is 5.41 Å². The van der Waals surface area contributed by atoms with Crippen molar-refractivity contribution in [3.05, 3.63) is 23.8 Å². The smallest absolute Gasteiger partial charge is 0.177 e. The van der Waals surface area contributed by atoms with Gasteiger partial charge in [-0.1, -0.05) is 32.3 Å². The van der Waals surface area contributed by atoms with Crippen molar-refractivity contribution in [3.8, 4) is 11.5 Å². The summed E-state index contributed by atoms with van der Waals surface area (Å²) < 4.78 is 22.3. The Bertz CT molecular complexity index is 527. The lowest BCUT2D eigenvalue weighted by atomic mass is 9.67. The van der Waals surface area contributed by atoms with E-state index in [0.29, 0.717) is 17.1 Å². The molecule has 1 unspecified atom stereocenters. The lowest BCUT2D eigenvalue weighted by Gasteiger charge is -2.38. The van der Waals surface area contributed by atoms with Crippen molar-refractivity contribution in [2.75, 3.05) is 14.2 Å². The van der Waals surface area contributed by atoms with Crippen molar-refractivity contribution in [2.45, 2.75) is 44.7 Å². The molecule has 0 aromatic heterocycles. The maximum absolute atomic E-state index is 13.4. The highest BCUT2D eigenvalue weighted by atomic mass is 31.1. The van der Waals surface area contributed by atoms with Crippen LogP contribution in [0.3, 0.4) is 0 Å². The molecule has 22 heavy (non-hydrogen) atoms. The van der Waals surface area contributed by atoms with Crippen molar-refractivity contribution < 1.29 is 18.8 Å². The molecule has 0 amide bonds. The first-order chi connectivity index (χ1) is 10.6. The molecule has 1 aliphatic carbocycles. The van der Waals surface area contributed by atoms with Gasteiger partial charge in [-0.15, -0.1) is 0 Å². The molecule has 4 nitrogen and oxygen atoms in total. The molecule has 1 aromatic rings. The van der Waals surface area contributed by atoms with E-state index in [1.54, 1.807) is 32.4 Å². The van der Waals surface area contributed by atoms with Gasteiger partial charge in [0.25, 0.3) is 0 Å². The molecule has 1 fully saturated rings. The zero-order valence-electron chi connectivity index (χ0n) is 13.4. The molecule has 0 heterocycles. The summed E-state index contributed by atoms with van der Waals surface area (Å²) in [7, 11) is 3.12. The molecule has 0 radical (unpaired) electrons. The molecule has 1 saturated carbocycles. The van der Waals surface area contributed by atoms with Crippen LogP contribution in [-0.4, -0.2) is 25.7 Å². The maximum atomic E-state index is 13.4. The number of methoxy groups -OCH3 is 2. The Kier molecular flexibility index (Phi) is 5.57. The van der Waals surface area contributed by atoms with E-state index in [9.17, 15) is 9.36 Å².